The SMILES string of the molecule is COC(=O)c1cc(NC(=O)CN2C(=O)S/C(=C/c3cc(OC)c(OC)cc3OC)C2=O)ccc1Cl. The molecule has 1 heterocycles. The number of methoxy groups -OCH3 is 4. The predicted molar refractivity (Wildman–Crippen MR) is 130 cm³/mol. The van der Waals surface area contributed by atoms with Crippen molar-refractivity contribution in [1.82, 2.24) is 4.90 Å². The van der Waals surface area contributed by atoms with Crippen molar-refractivity contribution in [3.05, 3.63) is 51.4 Å². The topological polar surface area (TPSA) is 120 Å². The maximum absolute atomic E-state index is 12.9. The molecule has 1 fully saturated rings. The molecule has 0 saturated carbocycles. The van der Waals surface area contributed by atoms with Crippen molar-refractivity contribution in [2.45, 2.75) is 0 Å². The number of nitrogens with one attached hydrogen (secondary N) is 1. The summed E-state index contributed by atoms with van der Waals surface area (Å²) in [7, 11) is 5.61. The zero-order chi connectivity index (χ0) is 25.7. The average molecular weight is 521 g/mol. The van der Waals surface area contributed by atoms with E-state index in [9.17, 15) is 19.2 Å². The fraction of sp³-hybridized carbons (Fsp3) is 0.217. The summed E-state index contributed by atoms with van der Waals surface area (Å²) in [4.78, 5) is 50.6. The van der Waals surface area contributed by atoms with Crippen molar-refractivity contribution in [2.24, 2.45) is 0 Å². The second-order valence-corrected chi connectivity index (χ2v) is 8.35. The molecule has 0 spiro atoms. The van der Waals surface area contributed by atoms with E-state index in [-0.39, 0.29) is 21.2 Å². The van der Waals surface area contributed by atoms with Crippen LogP contribution in [0.4, 0.5) is 10.5 Å². The van der Waals surface area contributed by atoms with Crippen molar-refractivity contribution < 1.29 is 38.1 Å². The quantitative estimate of drug-likeness (QED) is 0.409. The molecule has 0 radical (unpaired) electrons. The van der Waals surface area contributed by atoms with Gasteiger partial charge in [0.15, 0.2) is 11.5 Å². The molecule has 2 aromatic carbocycles. The summed E-state index contributed by atoms with van der Waals surface area (Å²) in [6.07, 6.45) is 1.48. The lowest BCUT2D eigenvalue weighted by molar-refractivity contribution is -0.127. The van der Waals surface area contributed by atoms with Crippen LogP contribution < -0.4 is 19.5 Å². The summed E-state index contributed by atoms with van der Waals surface area (Å²) >= 11 is 6.67. The first-order valence-corrected chi connectivity index (χ1v) is 11.1. The van der Waals surface area contributed by atoms with Gasteiger partial charge in [0.25, 0.3) is 11.1 Å². The molecule has 0 unspecified atom stereocenters. The van der Waals surface area contributed by atoms with E-state index in [4.69, 9.17) is 25.8 Å². The first-order chi connectivity index (χ1) is 16.7. The zero-order valence-corrected chi connectivity index (χ0v) is 20.7. The summed E-state index contributed by atoms with van der Waals surface area (Å²) in [6.45, 7) is -0.527. The highest BCUT2D eigenvalue weighted by molar-refractivity contribution is 8.18. The number of carbonyl (C=O) groups excluding carboxylic acids is 4. The molecule has 1 aliphatic rings. The van der Waals surface area contributed by atoms with Crippen LogP contribution in [0.15, 0.2) is 35.2 Å². The molecule has 3 rings (SSSR count). The second-order valence-electron chi connectivity index (χ2n) is 6.95. The van der Waals surface area contributed by atoms with Gasteiger partial charge in [-0.2, -0.15) is 0 Å². The number of anilines is 1. The molecule has 2 aromatic rings. The van der Waals surface area contributed by atoms with Gasteiger partial charge in [-0.25, -0.2) is 4.79 Å². The minimum atomic E-state index is -0.673. The molecule has 3 amide bonds. The Morgan fingerprint density at radius 1 is 1.00 bits per heavy atom. The fourth-order valence-corrected chi connectivity index (χ4v) is 4.18. The number of carbonyl (C=O) groups is 4. The zero-order valence-electron chi connectivity index (χ0n) is 19.2. The van der Waals surface area contributed by atoms with Crippen LogP contribution in [0.5, 0.6) is 17.2 Å². The van der Waals surface area contributed by atoms with Crippen LogP contribution in [0.25, 0.3) is 6.08 Å². The van der Waals surface area contributed by atoms with Crippen LogP contribution in [0, 0.1) is 0 Å². The molecular formula is C23H21ClN2O8S. The van der Waals surface area contributed by atoms with Crippen molar-refractivity contribution in [3.63, 3.8) is 0 Å². The van der Waals surface area contributed by atoms with Crippen LogP contribution in [0.2, 0.25) is 5.02 Å². The maximum Gasteiger partial charge on any atom is 0.339 e. The van der Waals surface area contributed by atoms with Crippen LogP contribution in [0.3, 0.4) is 0 Å². The van der Waals surface area contributed by atoms with E-state index in [0.29, 0.717) is 34.6 Å². The Bertz CT molecular complexity index is 1230. The number of ether oxygens (including phenoxy) is 4. The molecule has 0 bridgehead atoms. The Morgan fingerprint density at radius 2 is 1.66 bits per heavy atom. The van der Waals surface area contributed by atoms with Gasteiger partial charge in [-0.3, -0.25) is 19.3 Å². The van der Waals surface area contributed by atoms with E-state index in [1.54, 1.807) is 12.1 Å². The molecule has 0 aliphatic carbocycles. The number of amides is 3. The largest absolute Gasteiger partial charge is 0.496 e. The molecule has 0 aromatic heterocycles. The molecule has 12 heteroatoms. The number of hydrogen-bond acceptors (Lipinski definition) is 9. The maximum atomic E-state index is 12.9. The van der Waals surface area contributed by atoms with Gasteiger partial charge in [0.1, 0.15) is 12.3 Å². The highest BCUT2D eigenvalue weighted by Crippen LogP contribution is 2.38. The third-order valence-corrected chi connectivity index (χ3v) is 6.09. The Labute approximate surface area is 210 Å². The monoisotopic (exact) mass is 520 g/mol. The average Bonchev–Trinajstić information content (AvgIpc) is 3.11. The van der Waals surface area contributed by atoms with Gasteiger partial charge >= 0.3 is 5.97 Å². The highest BCUT2D eigenvalue weighted by Gasteiger charge is 2.36. The fourth-order valence-electron chi connectivity index (χ4n) is 3.16. The molecule has 1 N–H and O–H groups in total. The van der Waals surface area contributed by atoms with Crippen LogP contribution in [-0.2, 0) is 14.3 Å². The van der Waals surface area contributed by atoms with Crippen molar-refractivity contribution in [1.29, 1.82) is 0 Å². The second kappa shape index (κ2) is 11.2. The number of hydrogen-bond donors (Lipinski definition) is 1. The molecule has 10 nitrogen and oxygen atoms in total. The third kappa shape index (κ3) is 5.69. The van der Waals surface area contributed by atoms with E-state index in [0.717, 1.165) is 4.90 Å². The lowest BCUT2D eigenvalue weighted by Gasteiger charge is -2.13. The third-order valence-electron chi connectivity index (χ3n) is 4.85. The van der Waals surface area contributed by atoms with Crippen molar-refractivity contribution in [2.75, 3.05) is 40.3 Å². The number of benzene rings is 2. The summed E-state index contributed by atoms with van der Waals surface area (Å²) in [5, 5.41) is 2.08. The Balaban J connectivity index is 1.78. The van der Waals surface area contributed by atoms with E-state index >= 15 is 0 Å². The van der Waals surface area contributed by atoms with Crippen LogP contribution >= 0.6 is 23.4 Å². The predicted octanol–water partition coefficient (Wildman–Crippen LogP) is 3.83. The van der Waals surface area contributed by atoms with Crippen molar-refractivity contribution in [3.8, 4) is 17.2 Å². The number of rotatable bonds is 8. The number of imide groups is 1. The van der Waals surface area contributed by atoms with Crippen LogP contribution in [0.1, 0.15) is 15.9 Å². The molecule has 1 aliphatic heterocycles. The first kappa shape index (κ1) is 25.9. The van der Waals surface area contributed by atoms with E-state index in [1.807, 2.05) is 0 Å². The Hall–Kier alpha value is -3.70. The first-order valence-electron chi connectivity index (χ1n) is 9.95. The minimum absolute atomic E-state index is 0.0601. The summed E-state index contributed by atoms with van der Waals surface area (Å²) in [6, 6.07) is 7.43. The summed E-state index contributed by atoms with van der Waals surface area (Å²) in [5.41, 5.74) is 0.791. The van der Waals surface area contributed by atoms with E-state index in [2.05, 4.69) is 10.1 Å². The highest BCUT2D eigenvalue weighted by atomic mass is 35.5. The normalized spacial score (nSPS) is 14.2. The van der Waals surface area contributed by atoms with Gasteiger partial charge < -0.3 is 24.3 Å². The van der Waals surface area contributed by atoms with Gasteiger partial charge in [0.2, 0.25) is 5.91 Å². The van der Waals surface area contributed by atoms with Gasteiger partial charge in [-0.05, 0) is 42.1 Å². The number of thioether (sulfide) groups is 1. The van der Waals surface area contributed by atoms with E-state index < -0.39 is 29.6 Å². The van der Waals surface area contributed by atoms with Gasteiger partial charge in [-0.1, -0.05) is 11.6 Å². The molecular weight excluding hydrogens is 500 g/mol. The Kier molecular flexibility index (Phi) is 8.26. The Morgan fingerprint density at radius 3 is 2.29 bits per heavy atom. The van der Waals surface area contributed by atoms with Gasteiger partial charge in [0.05, 0.1) is 43.9 Å². The lowest BCUT2D eigenvalue weighted by atomic mass is 10.1. The standard InChI is InChI=1S/C23H21ClN2O8S/c1-31-16-10-18(33-3)17(32-2)7-12(16)8-19-21(28)26(23(30)35-19)11-20(27)25-13-5-6-15(24)14(9-13)22(29)34-4/h5-10H,11H2,1-4H3,(H,25,27)/b19-8+. The smallest absolute Gasteiger partial charge is 0.339 e. The summed E-state index contributed by atoms with van der Waals surface area (Å²) in [5.74, 6) is -0.714. The summed E-state index contributed by atoms with van der Waals surface area (Å²) < 4.78 is 20.5. The molecule has 184 valence electrons. The minimum Gasteiger partial charge on any atom is -0.496 e. The van der Waals surface area contributed by atoms with Crippen molar-refractivity contribution >= 4 is 58.1 Å². The van der Waals surface area contributed by atoms with Gasteiger partial charge in [-0.15, -0.1) is 0 Å². The number of halogens is 1. The molecule has 1 saturated heterocycles. The van der Waals surface area contributed by atoms with Gasteiger partial charge in [0, 0.05) is 17.3 Å². The van der Waals surface area contributed by atoms with Crippen LogP contribution in [-0.4, -0.2) is 62.9 Å². The van der Waals surface area contributed by atoms with E-state index in [1.165, 1.54) is 52.7 Å². The molecule has 0 atom stereocenters. The number of nitrogens with zero attached hydrogens (tertiary/aromatic N) is 1. The molecule has 35 heavy (non-hydrogen) atoms. The lowest BCUT2D eigenvalue weighted by Crippen LogP contribution is -2.36. The number of esters is 1.